The third kappa shape index (κ3) is 3.65. The van der Waals surface area contributed by atoms with Crippen LogP contribution >= 0.6 is 0 Å². The standard InChI is InChI=1S/C16H29N5/c1-3-6-17-15(5-4-14-11-18-19(2)12-14)16-13-20-7-9-21(16)10-8-20/h11-12,15-17H,3-10,13H2,1-2H3. The summed E-state index contributed by atoms with van der Waals surface area (Å²) in [5.41, 5.74) is 1.36. The van der Waals surface area contributed by atoms with Gasteiger partial charge in [0.05, 0.1) is 6.20 Å². The van der Waals surface area contributed by atoms with Crippen LogP contribution in [0.3, 0.4) is 0 Å². The number of rotatable bonds is 7. The number of aryl methyl sites for hydroxylation is 2. The molecule has 5 nitrogen and oxygen atoms in total. The number of piperazine rings is 3. The Morgan fingerprint density at radius 1 is 1.33 bits per heavy atom. The lowest BCUT2D eigenvalue weighted by Gasteiger charge is -2.50. The lowest BCUT2D eigenvalue weighted by Crippen LogP contribution is -2.66. The van der Waals surface area contributed by atoms with Crippen molar-refractivity contribution in [1.29, 1.82) is 0 Å². The van der Waals surface area contributed by atoms with Crippen molar-refractivity contribution < 1.29 is 0 Å². The summed E-state index contributed by atoms with van der Waals surface area (Å²) < 4.78 is 1.90. The van der Waals surface area contributed by atoms with E-state index in [-0.39, 0.29) is 0 Å². The first-order chi connectivity index (χ1) is 10.3. The summed E-state index contributed by atoms with van der Waals surface area (Å²) in [6.07, 6.45) is 7.70. The molecule has 0 radical (unpaired) electrons. The Morgan fingerprint density at radius 2 is 2.14 bits per heavy atom. The Morgan fingerprint density at radius 3 is 2.71 bits per heavy atom. The monoisotopic (exact) mass is 291 g/mol. The highest BCUT2D eigenvalue weighted by Gasteiger charge is 2.36. The van der Waals surface area contributed by atoms with Crippen molar-refractivity contribution in [3.63, 3.8) is 0 Å². The van der Waals surface area contributed by atoms with Crippen LogP contribution in [0.4, 0.5) is 0 Å². The molecule has 0 saturated carbocycles. The number of nitrogens with one attached hydrogen (secondary N) is 1. The normalized spacial score (nSPS) is 29.7. The first kappa shape index (κ1) is 15.0. The number of hydrogen-bond donors (Lipinski definition) is 1. The second-order valence-corrected chi connectivity index (χ2v) is 6.53. The largest absolute Gasteiger partial charge is 0.312 e. The molecule has 0 aromatic carbocycles. The van der Waals surface area contributed by atoms with Crippen LogP contribution in [0, 0.1) is 0 Å². The van der Waals surface area contributed by atoms with E-state index in [0.29, 0.717) is 12.1 Å². The summed E-state index contributed by atoms with van der Waals surface area (Å²) in [6.45, 7) is 9.65. The van der Waals surface area contributed by atoms with E-state index >= 15 is 0 Å². The van der Waals surface area contributed by atoms with Crippen LogP contribution in [0.2, 0.25) is 0 Å². The molecule has 118 valence electrons. The van der Waals surface area contributed by atoms with Crippen LogP contribution in [0.5, 0.6) is 0 Å². The van der Waals surface area contributed by atoms with Gasteiger partial charge in [-0.05, 0) is 31.4 Å². The fraction of sp³-hybridized carbons (Fsp3) is 0.812. The van der Waals surface area contributed by atoms with E-state index in [1.54, 1.807) is 0 Å². The third-order valence-electron chi connectivity index (χ3n) is 4.94. The number of nitrogens with zero attached hydrogens (tertiary/aromatic N) is 4. The molecule has 2 unspecified atom stereocenters. The van der Waals surface area contributed by atoms with E-state index in [4.69, 9.17) is 0 Å². The van der Waals surface area contributed by atoms with Crippen LogP contribution in [-0.2, 0) is 13.5 Å². The maximum atomic E-state index is 4.29. The quantitative estimate of drug-likeness (QED) is 0.803. The van der Waals surface area contributed by atoms with Crippen LogP contribution < -0.4 is 5.32 Å². The average molecular weight is 291 g/mol. The molecule has 3 saturated heterocycles. The van der Waals surface area contributed by atoms with Gasteiger partial charge in [0.25, 0.3) is 0 Å². The van der Waals surface area contributed by atoms with Gasteiger partial charge in [0.2, 0.25) is 0 Å². The van der Waals surface area contributed by atoms with E-state index in [9.17, 15) is 0 Å². The van der Waals surface area contributed by atoms with Crippen molar-refractivity contribution in [2.45, 2.75) is 38.3 Å². The van der Waals surface area contributed by atoms with Gasteiger partial charge in [-0.3, -0.25) is 14.5 Å². The summed E-state index contributed by atoms with van der Waals surface area (Å²) >= 11 is 0. The summed E-state index contributed by atoms with van der Waals surface area (Å²) in [4.78, 5) is 5.34. The number of hydrogen-bond acceptors (Lipinski definition) is 4. The highest BCUT2D eigenvalue weighted by Crippen LogP contribution is 2.21. The Balaban J connectivity index is 1.60. The molecule has 0 amide bonds. The van der Waals surface area contributed by atoms with Gasteiger partial charge in [0, 0.05) is 58.1 Å². The van der Waals surface area contributed by atoms with E-state index in [1.165, 1.54) is 51.1 Å². The molecule has 3 aliphatic rings. The van der Waals surface area contributed by atoms with E-state index < -0.39 is 0 Å². The van der Waals surface area contributed by atoms with Crippen molar-refractivity contribution in [3.8, 4) is 0 Å². The van der Waals surface area contributed by atoms with Gasteiger partial charge in [-0.1, -0.05) is 6.92 Å². The zero-order valence-electron chi connectivity index (χ0n) is 13.5. The van der Waals surface area contributed by atoms with Gasteiger partial charge in [-0.15, -0.1) is 0 Å². The minimum absolute atomic E-state index is 0.605. The van der Waals surface area contributed by atoms with Gasteiger partial charge in [0.1, 0.15) is 0 Å². The highest BCUT2D eigenvalue weighted by atomic mass is 15.4. The lowest BCUT2D eigenvalue weighted by atomic mass is 9.95. The Labute approximate surface area is 128 Å². The molecule has 5 heteroatoms. The summed E-state index contributed by atoms with van der Waals surface area (Å²) in [7, 11) is 2.00. The maximum absolute atomic E-state index is 4.29. The van der Waals surface area contributed by atoms with Crippen LogP contribution in [0.1, 0.15) is 25.3 Å². The first-order valence-electron chi connectivity index (χ1n) is 8.43. The van der Waals surface area contributed by atoms with Gasteiger partial charge in [0.15, 0.2) is 0 Å². The Kier molecular flexibility index (Phi) is 4.93. The van der Waals surface area contributed by atoms with Crippen LogP contribution in [0.25, 0.3) is 0 Å². The van der Waals surface area contributed by atoms with Crippen molar-refractivity contribution in [3.05, 3.63) is 18.0 Å². The van der Waals surface area contributed by atoms with E-state index in [1.807, 2.05) is 17.9 Å². The van der Waals surface area contributed by atoms with Gasteiger partial charge >= 0.3 is 0 Å². The van der Waals surface area contributed by atoms with Gasteiger partial charge < -0.3 is 5.32 Å². The molecule has 21 heavy (non-hydrogen) atoms. The van der Waals surface area contributed by atoms with E-state index in [2.05, 4.69) is 33.3 Å². The average Bonchev–Trinajstić information content (AvgIpc) is 2.94. The van der Waals surface area contributed by atoms with Crippen LogP contribution in [0.15, 0.2) is 12.4 Å². The molecular weight excluding hydrogens is 262 g/mol. The van der Waals surface area contributed by atoms with Crippen molar-refractivity contribution in [2.75, 3.05) is 39.3 Å². The summed E-state index contributed by atoms with van der Waals surface area (Å²) in [5.74, 6) is 0. The zero-order chi connectivity index (χ0) is 14.7. The Hall–Kier alpha value is -0.910. The lowest BCUT2D eigenvalue weighted by molar-refractivity contribution is -0.00437. The minimum Gasteiger partial charge on any atom is -0.312 e. The number of fused-ring (bicyclic) bond motifs is 3. The third-order valence-corrected chi connectivity index (χ3v) is 4.94. The molecule has 4 rings (SSSR count). The molecule has 2 bridgehead atoms. The predicted molar refractivity (Wildman–Crippen MR) is 85.4 cm³/mol. The fourth-order valence-electron chi connectivity index (χ4n) is 3.72. The fourth-order valence-corrected chi connectivity index (χ4v) is 3.72. The molecule has 0 aliphatic carbocycles. The smallest absolute Gasteiger partial charge is 0.0521 e. The molecular formula is C16H29N5. The van der Waals surface area contributed by atoms with Crippen LogP contribution in [-0.4, -0.2) is 70.9 Å². The molecule has 4 heterocycles. The van der Waals surface area contributed by atoms with Crippen molar-refractivity contribution in [1.82, 2.24) is 24.9 Å². The Bertz CT molecular complexity index is 436. The molecule has 0 spiro atoms. The zero-order valence-corrected chi connectivity index (χ0v) is 13.5. The molecule has 1 aromatic heterocycles. The number of aromatic nitrogens is 2. The second kappa shape index (κ2) is 6.90. The second-order valence-electron chi connectivity index (χ2n) is 6.53. The predicted octanol–water partition coefficient (Wildman–Crippen LogP) is 0.721. The molecule has 3 aliphatic heterocycles. The summed E-state index contributed by atoms with van der Waals surface area (Å²) in [6, 6.07) is 1.30. The maximum Gasteiger partial charge on any atom is 0.0521 e. The van der Waals surface area contributed by atoms with Crippen molar-refractivity contribution >= 4 is 0 Å². The topological polar surface area (TPSA) is 36.3 Å². The molecule has 3 fully saturated rings. The molecule has 1 N–H and O–H groups in total. The van der Waals surface area contributed by atoms with Gasteiger partial charge in [-0.25, -0.2) is 0 Å². The molecule has 2 atom stereocenters. The minimum atomic E-state index is 0.605. The first-order valence-corrected chi connectivity index (χ1v) is 8.43. The molecule has 1 aromatic rings. The van der Waals surface area contributed by atoms with Gasteiger partial charge in [-0.2, -0.15) is 5.10 Å². The summed E-state index contributed by atoms with van der Waals surface area (Å²) in [5, 5.41) is 8.09. The van der Waals surface area contributed by atoms with E-state index in [0.717, 1.165) is 13.0 Å². The SMILES string of the molecule is CCCNC(CCc1cnn(C)c1)C1CN2CCN1CC2. The highest BCUT2D eigenvalue weighted by molar-refractivity contribution is 5.05. The van der Waals surface area contributed by atoms with Crippen molar-refractivity contribution in [2.24, 2.45) is 7.05 Å².